The molecular weight excluding hydrogens is 246 g/mol. The molecule has 0 fully saturated rings. The molecule has 0 bridgehead atoms. The average Bonchev–Trinajstić information content (AvgIpc) is 2.32. The van der Waals surface area contributed by atoms with E-state index in [4.69, 9.17) is 16.3 Å². The third-order valence-electron chi connectivity index (χ3n) is 2.93. The summed E-state index contributed by atoms with van der Waals surface area (Å²) in [6.45, 7) is 10.4. The van der Waals surface area contributed by atoms with E-state index in [1.54, 1.807) is 0 Å². The first kappa shape index (κ1) is 15.3. The van der Waals surface area contributed by atoms with Crippen LogP contribution in [-0.4, -0.2) is 19.2 Å². The number of aryl methyl sites for hydroxylation is 1. The molecule has 0 saturated heterocycles. The molecule has 3 heteroatoms. The molecule has 0 aliphatic carbocycles. The summed E-state index contributed by atoms with van der Waals surface area (Å²) in [6.07, 6.45) is 1.34. The van der Waals surface area contributed by atoms with Crippen molar-refractivity contribution in [3.05, 3.63) is 28.8 Å². The van der Waals surface area contributed by atoms with E-state index in [-0.39, 0.29) is 6.10 Å². The quantitative estimate of drug-likeness (QED) is 0.754. The van der Waals surface area contributed by atoms with E-state index >= 15 is 0 Å². The lowest BCUT2D eigenvalue weighted by Gasteiger charge is -2.23. The van der Waals surface area contributed by atoms with Crippen LogP contribution >= 0.6 is 11.6 Å². The van der Waals surface area contributed by atoms with Crippen LogP contribution in [0.2, 0.25) is 5.02 Å². The summed E-state index contributed by atoms with van der Waals surface area (Å²) < 4.78 is 6.04. The lowest BCUT2D eigenvalue weighted by atomic mass is 10.1. The van der Waals surface area contributed by atoms with Gasteiger partial charge < -0.3 is 10.1 Å². The summed E-state index contributed by atoms with van der Waals surface area (Å²) in [5, 5.41) is 4.20. The maximum atomic E-state index is 6.04. The summed E-state index contributed by atoms with van der Waals surface area (Å²) in [7, 11) is 0. The van der Waals surface area contributed by atoms with Crippen molar-refractivity contribution in [2.24, 2.45) is 5.92 Å². The number of rotatable bonds is 7. The van der Waals surface area contributed by atoms with Crippen molar-refractivity contribution >= 4 is 11.6 Å². The standard InChI is InChI=1S/C15H24ClNO/c1-5-8-17-10-15(11(2)3)18-13-6-7-14(16)12(4)9-13/h6-7,9,11,15,17H,5,8,10H2,1-4H3. The molecule has 1 atom stereocenters. The maximum Gasteiger partial charge on any atom is 0.120 e. The molecule has 1 aromatic carbocycles. The lowest BCUT2D eigenvalue weighted by molar-refractivity contribution is 0.149. The molecule has 0 spiro atoms. The smallest absolute Gasteiger partial charge is 0.120 e. The molecule has 0 saturated carbocycles. The fraction of sp³-hybridized carbons (Fsp3) is 0.600. The van der Waals surface area contributed by atoms with E-state index in [0.717, 1.165) is 35.8 Å². The molecule has 1 rings (SSSR count). The van der Waals surface area contributed by atoms with Gasteiger partial charge in [0, 0.05) is 11.6 Å². The maximum absolute atomic E-state index is 6.04. The van der Waals surface area contributed by atoms with Crippen LogP contribution in [0.4, 0.5) is 0 Å². The largest absolute Gasteiger partial charge is 0.489 e. The first-order chi connectivity index (χ1) is 8.54. The number of ether oxygens (including phenoxy) is 1. The zero-order valence-corrected chi connectivity index (χ0v) is 12.6. The summed E-state index contributed by atoms with van der Waals surface area (Å²) in [5.41, 5.74) is 1.05. The molecule has 2 nitrogen and oxygen atoms in total. The van der Waals surface area contributed by atoms with Crippen LogP contribution in [0.5, 0.6) is 5.75 Å². The fourth-order valence-electron chi connectivity index (χ4n) is 1.70. The molecule has 0 radical (unpaired) electrons. The Kier molecular flexibility index (Phi) is 6.51. The fourth-order valence-corrected chi connectivity index (χ4v) is 1.82. The van der Waals surface area contributed by atoms with Gasteiger partial charge in [0.05, 0.1) is 0 Å². The summed E-state index contributed by atoms with van der Waals surface area (Å²) in [6, 6.07) is 5.82. The molecule has 18 heavy (non-hydrogen) atoms. The van der Waals surface area contributed by atoms with E-state index in [1.807, 2.05) is 25.1 Å². The Bertz CT molecular complexity index is 366. The van der Waals surface area contributed by atoms with Crippen LogP contribution in [0.15, 0.2) is 18.2 Å². The number of halogens is 1. The van der Waals surface area contributed by atoms with Crippen molar-refractivity contribution in [2.75, 3.05) is 13.1 Å². The lowest BCUT2D eigenvalue weighted by Crippen LogP contribution is -2.35. The first-order valence-corrected chi connectivity index (χ1v) is 7.06. The van der Waals surface area contributed by atoms with E-state index in [1.165, 1.54) is 0 Å². The highest BCUT2D eigenvalue weighted by Gasteiger charge is 2.15. The molecule has 0 amide bonds. The van der Waals surface area contributed by atoms with Gasteiger partial charge >= 0.3 is 0 Å². The van der Waals surface area contributed by atoms with Gasteiger partial charge in [-0.2, -0.15) is 0 Å². The molecule has 1 unspecified atom stereocenters. The van der Waals surface area contributed by atoms with E-state index in [0.29, 0.717) is 5.92 Å². The van der Waals surface area contributed by atoms with Gasteiger partial charge in [0.1, 0.15) is 11.9 Å². The van der Waals surface area contributed by atoms with Gasteiger partial charge in [0.25, 0.3) is 0 Å². The summed E-state index contributed by atoms with van der Waals surface area (Å²) in [5.74, 6) is 1.37. The average molecular weight is 270 g/mol. The highest BCUT2D eigenvalue weighted by molar-refractivity contribution is 6.31. The van der Waals surface area contributed by atoms with Crippen molar-refractivity contribution in [3.8, 4) is 5.75 Å². The Hall–Kier alpha value is -0.730. The van der Waals surface area contributed by atoms with Gasteiger partial charge in [0.2, 0.25) is 0 Å². The minimum atomic E-state index is 0.192. The van der Waals surface area contributed by atoms with Gasteiger partial charge in [-0.15, -0.1) is 0 Å². The third-order valence-corrected chi connectivity index (χ3v) is 3.36. The van der Waals surface area contributed by atoms with E-state index in [2.05, 4.69) is 26.1 Å². The van der Waals surface area contributed by atoms with Crippen LogP contribution in [0, 0.1) is 12.8 Å². The van der Waals surface area contributed by atoms with Crippen LogP contribution in [0.3, 0.4) is 0 Å². The van der Waals surface area contributed by atoms with E-state index < -0.39 is 0 Å². The second-order valence-electron chi connectivity index (χ2n) is 5.02. The Morgan fingerprint density at radius 3 is 2.61 bits per heavy atom. The SMILES string of the molecule is CCCNCC(Oc1ccc(Cl)c(C)c1)C(C)C. The highest BCUT2D eigenvalue weighted by atomic mass is 35.5. The molecule has 0 aromatic heterocycles. The topological polar surface area (TPSA) is 21.3 Å². The molecule has 0 heterocycles. The Balaban J connectivity index is 2.61. The molecule has 102 valence electrons. The minimum Gasteiger partial charge on any atom is -0.489 e. The van der Waals surface area contributed by atoms with Gasteiger partial charge in [-0.05, 0) is 49.6 Å². The highest BCUT2D eigenvalue weighted by Crippen LogP contribution is 2.23. The van der Waals surface area contributed by atoms with Crippen LogP contribution in [0.1, 0.15) is 32.8 Å². The van der Waals surface area contributed by atoms with Crippen molar-refractivity contribution in [1.29, 1.82) is 0 Å². The van der Waals surface area contributed by atoms with Gasteiger partial charge in [-0.1, -0.05) is 32.4 Å². The van der Waals surface area contributed by atoms with Crippen molar-refractivity contribution < 1.29 is 4.74 Å². The molecule has 1 aromatic rings. The molecular formula is C15H24ClNO. The molecule has 1 N–H and O–H groups in total. The number of hydrogen-bond donors (Lipinski definition) is 1. The monoisotopic (exact) mass is 269 g/mol. The second-order valence-corrected chi connectivity index (χ2v) is 5.42. The van der Waals surface area contributed by atoms with Crippen molar-refractivity contribution in [2.45, 2.75) is 40.2 Å². The van der Waals surface area contributed by atoms with Gasteiger partial charge in [-0.3, -0.25) is 0 Å². The third kappa shape index (κ3) is 4.87. The predicted octanol–water partition coefficient (Wildman–Crippen LogP) is 4.05. The molecule has 0 aliphatic heterocycles. The van der Waals surface area contributed by atoms with Crippen LogP contribution in [-0.2, 0) is 0 Å². The van der Waals surface area contributed by atoms with Crippen LogP contribution < -0.4 is 10.1 Å². The Labute approximate surface area is 116 Å². The Morgan fingerprint density at radius 1 is 1.33 bits per heavy atom. The normalized spacial score (nSPS) is 12.8. The zero-order chi connectivity index (χ0) is 13.5. The summed E-state index contributed by atoms with van der Waals surface area (Å²) in [4.78, 5) is 0. The van der Waals surface area contributed by atoms with E-state index in [9.17, 15) is 0 Å². The zero-order valence-electron chi connectivity index (χ0n) is 11.8. The summed E-state index contributed by atoms with van der Waals surface area (Å²) >= 11 is 6.01. The van der Waals surface area contributed by atoms with Crippen LogP contribution in [0.25, 0.3) is 0 Å². The van der Waals surface area contributed by atoms with Gasteiger partial charge in [0.15, 0.2) is 0 Å². The second kappa shape index (κ2) is 7.65. The molecule has 0 aliphatic rings. The predicted molar refractivity (Wildman–Crippen MR) is 78.6 cm³/mol. The first-order valence-electron chi connectivity index (χ1n) is 6.68. The van der Waals surface area contributed by atoms with Gasteiger partial charge in [-0.25, -0.2) is 0 Å². The number of hydrogen-bond acceptors (Lipinski definition) is 2. The van der Waals surface area contributed by atoms with Crippen molar-refractivity contribution in [3.63, 3.8) is 0 Å². The number of benzene rings is 1. The Morgan fingerprint density at radius 2 is 2.06 bits per heavy atom. The number of nitrogens with one attached hydrogen (secondary N) is 1. The minimum absolute atomic E-state index is 0.192. The van der Waals surface area contributed by atoms with Crippen molar-refractivity contribution in [1.82, 2.24) is 5.32 Å².